The molecule has 0 rings (SSSR count). The summed E-state index contributed by atoms with van der Waals surface area (Å²) >= 11 is 12.1. The van der Waals surface area contributed by atoms with Gasteiger partial charge in [0.25, 0.3) is 0 Å². The van der Waals surface area contributed by atoms with E-state index in [0.717, 1.165) is 10.8 Å². The average molecular weight is 214 g/mol. The maximum Gasteiger partial charge on any atom is 0.0400 e. The van der Waals surface area contributed by atoms with E-state index in [1.54, 1.807) is 0 Å². The number of hydrogen-bond acceptors (Lipinski definition) is 4. The van der Waals surface area contributed by atoms with Gasteiger partial charge in [0.05, 0.1) is 0 Å². The quantitative estimate of drug-likeness (QED) is 0.380. The lowest BCUT2D eigenvalue weighted by Crippen LogP contribution is -1.81. The number of unbranched alkanes of at least 4 members (excludes halogenated alkanes) is 1. The molecule has 0 bridgehead atoms. The molecule has 0 unspecified atom stereocenters. The molecular formula is C6H14S4. The maximum absolute atomic E-state index is 4.14. The molecule has 0 aromatic rings. The Labute approximate surface area is 83.1 Å². The summed E-state index contributed by atoms with van der Waals surface area (Å²) in [5, 5.41) is 2.13. The zero-order valence-corrected chi connectivity index (χ0v) is 9.38. The normalized spacial score (nSPS) is 10.2. The van der Waals surface area contributed by atoms with E-state index in [-0.39, 0.29) is 0 Å². The minimum absolute atomic E-state index is 0.944. The van der Waals surface area contributed by atoms with Gasteiger partial charge in [0.15, 0.2) is 0 Å². The smallest absolute Gasteiger partial charge is 0.0400 e. The highest BCUT2D eigenvalue weighted by molar-refractivity contribution is 8.19. The summed E-state index contributed by atoms with van der Waals surface area (Å²) in [7, 11) is 0. The van der Waals surface area contributed by atoms with Gasteiger partial charge >= 0.3 is 0 Å². The number of thiol groups is 2. The Hall–Kier alpha value is 1.40. The van der Waals surface area contributed by atoms with Gasteiger partial charge in [-0.25, -0.2) is 0 Å². The molecule has 0 spiro atoms. The third-order valence-electron chi connectivity index (χ3n) is 0.955. The van der Waals surface area contributed by atoms with E-state index in [1.807, 2.05) is 23.5 Å². The van der Waals surface area contributed by atoms with Crippen molar-refractivity contribution in [3.05, 3.63) is 0 Å². The highest BCUT2D eigenvalue weighted by atomic mass is 32.2. The molecular weight excluding hydrogens is 200 g/mol. The second-order valence-corrected chi connectivity index (χ2v) is 5.44. The highest BCUT2D eigenvalue weighted by Gasteiger charge is 1.88. The van der Waals surface area contributed by atoms with Gasteiger partial charge in [-0.15, -0.1) is 11.8 Å². The third-order valence-corrected chi connectivity index (χ3v) is 3.91. The SMILES string of the molecule is SCCCCSCSCS. The van der Waals surface area contributed by atoms with Crippen molar-refractivity contribution < 1.29 is 0 Å². The summed E-state index contributed by atoms with van der Waals surface area (Å²) < 4.78 is 0. The lowest BCUT2D eigenvalue weighted by atomic mass is 10.4. The number of hydrogen-bond donors (Lipinski definition) is 2. The average Bonchev–Trinajstić information content (AvgIpc) is 1.97. The van der Waals surface area contributed by atoms with E-state index in [4.69, 9.17) is 0 Å². The van der Waals surface area contributed by atoms with Gasteiger partial charge in [-0.2, -0.15) is 37.0 Å². The van der Waals surface area contributed by atoms with Crippen molar-refractivity contribution in [1.82, 2.24) is 0 Å². The molecule has 10 heavy (non-hydrogen) atoms. The molecule has 0 radical (unpaired) electrons. The standard InChI is InChI=1S/C6H14S4/c7-3-1-2-4-9-6-10-5-8/h7-8H,1-6H2. The maximum atomic E-state index is 4.14. The van der Waals surface area contributed by atoms with Crippen molar-refractivity contribution in [2.75, 3.05) is 21.7 Å². The van der Waals surface area contributed by atoms with E-state index in [0.29, 0.717) is 0 Å². The molecule has 0 N–H and O–H groups in total. The molecule has 0 aliphatic rings. The van der Waals surface area contributed by atoms with Gasteiger partial charge in [-0.1, -0.05) is 0 Å². The monoisotopic (exact) mass is 214 g/mol. The predicted octanol–water partition coefficient (Wildman–Crippen LogP) is 3.01. The van der Waals surface area contributed by atoms with Gasteiger partial charge in [-0.05, 0) is 24.3 Å². The molecule has 0 aliphatic carbocycles. The fourth-order valence-electron chi connectivity index (χ4n) is 0.471. The molecule has 0 fully saturated rings. The van der Waals surface area contributed by atoms with Crippen LogP contribution in [0, 0.1) is 0 Å². The van der Waals surface area contributed by atoms with Crippen LogP contribution in [-0.4, -0.2) is 21.7 Å². The van der Waals surface area contributed by atoms with Crippen LogP contribution in [0.15, 0.2) is 0 Å². The Morgan fingerprint density at radius 3 is 2.40 bits per heavy atom. The van der Waals surface area contributed by atoms with Crippen molar-refractivity contribution in [1.29, 1.82) is 0 Å². The Morgan fingerprint density at radius 1 is 1.00 bits per heavy atom. The lowest BCUT2D eigenvalue weighted by Gasteiger charge is -1.97. The molecule has 0 saturated carbocycles. The highest BCUT2D eigenvalue weighted by Crippen LogP contribution is 2.14. The van der Waals surface area contributed by atoms with Crippen molar-refractivity contribution in [2.24, 2.45) is 0 Å². The van der Waals surface area contributed by atoms with Crippen molar-refractivity contribution in [3.8, 4) is 0 Å². The second kappa shape index (κ2) is 10.4. The summed E-state index contributed by atoms with van der Waals surface area (Å²) in [6, 6.07) is 0. The van der Waals surface area contributed by atoms with Crippen LogP contribution >= 0.6 is 48.8 Å². The molecule has 0 aromatic carbocycles. The molecule has 62 valence electrons. The van der Waals surface area contributed by atoms with Crippen LogP contribution in [0.3, 0.4) is 0 Å². The van der Waals surface area contributed by atoms with Gasteiger partial charge in [0.2, 0.25) is 0 Å². The Kier molecular flexibility index (Phi) is 11.9. The zero-order valence-electron chi connectivity index (χ0n) is 5.95. The molecule has 0 nitrogen and oxygen atoms in total. The van der Waals surface area contributed by atoms with Crippen LogP contribution in [0.2, 0.25) is 0 Å². The van der Waals surface area contributed by atoms with Gasteiger partial charge < -0.3 is 0 Å². The lowest BCUT2D eigenvalue weighted by molar-refractivity contribution is 0.911. The van der Waals surface area contributed by atoms with Gasteiger partial charge in [0, 0.05) is 10.2 Å². The Morgan fingerprint density at radius 2 is 1.80 bits per heavy atom. The van der Waals surface area contributed by atoms with Gasteiger partial charge in [0.1, 0.15) is 0 Å². The van der Waals surface area contributed by atoms with Crippen molar-refractivity contribution in [2.45, 2.75) is 12.8 Å². The summed E-state index contributed by atoms with van der Waals surface area (Å²) in [5.41, 5.74) is 0. The minimum Gasteiger partial charge on any atom is -0.179 e. The first-order valence-corrected chi connectivity index (χ1v) is 6.86. The Balaban J connectivity index is 2.65. The summed E-state index contributed by atoms with van der Waals surface area (Å²) in [6.45, 7) is 0. The molecule has 4 heteroatoms. The van der Waals surface area contributed by atoms with Crippen LogP contribution in [0.25, 0.3) is 0 Å². The fraction of sp³-hybridized carbons (Fsp3) is 1.00. The van der Waals surface area contributed by atoms with Crippen LogP contribution in [0.5, 0.6) is 0 Å². The summed E-state index contributed by atoms with van der Waals surface area (Å²) in [5.74, 6) is 2.31. The van der Waals surface area contributed by atoms with Crippen LogP contribution in [0.4, 0.5) is 0 Å². The van der Waals surface area contributed by atoms with E-state index < -0.39 is 0 Å². The van der Waals surface area contributed by atoms with E-state index in [9.17, 15) is 0 Å². The van der Waals surface area contributed by atoms with Crippen LogP contribution < -0.4 is 0 Å². The van der Waals surface area contributed by atoms with Gasteiger partial charge in [-0.3, -0.25) is 0 Å². The number of rotatable bonds is 7. The minimum atomic E-state index is 0.944. The van der Waals surface area contributed by atoms with Crippen molar-refractivity contribution >= 4 is 48.8 Å². The molecule has 0 atom stereocenters. The fourth-order valence-corrected chi connectivity index (χ4v) is 3.01. The first-order valence-electron chi connectivity index (χ1n) is 3.29. The molecule has 0 aliphatic heterocycles. The van der Waals surface area contributed by atoms with Crippen molar-refractivity contribution in [3.63, 3.8) is 0 Å². The Bertz CT molecular complexity index is 49.7. The first-order chi connectivity index (χ1) is 4.91. The van der Waals surface area contributed by atoms with E-state index in [1.165, 1.54) is 23.7 Å². The zero-order chi connectivity index (χ0) is 7.66. The molecule has 0 saturated heterocycles. The number of thioether (sulfide) groups is 2. The molecule has 0 aromatic heterocycles. The van der Waals surface area contributed by atoms with Crippen LogP contribution in [-0.2, 0) is 0 Å². The first kappa shape index (κ1) is 11.4. The van der Waals surface area contributed by atoms with Crippen LogP contribution in [0.1, 0.15) is 12.8 Å². The second-order valence-electron chi connectivity index (χ2n) is 1.79. The van der Waals surface area contributed by atoms with E-state index in [2.05, 4.69) is 25.3 Å². The predicted molar refractivity (Wildman–Crippen MR) is 61.9 cm³/mol. The largest absolute Gasteiger partial charge is 0.179 e. The molecule has 0 amide bonds. The summed E-state index contributed by atoms with van der Waals surface area (Å²) in [6.07, 6.45) is 2.56. The summed E-state index contributed by atoms with van der Waals surface area (Å²) in [4.78, 5) is 0. The topological polar surface area (TPSA) is 0 Å². The molecule has 0 heterocycles. The third kappa shape index (κ3) is 9.40. The van der Waals surface area contributed by atoms with E-state index >= 15 is 0 Å².